The van der Waals surface area contributed by atoms with Crippen molar-refractivity contribution in [3.8, 4) is 0 Å². The second-order valence-electron chi connectivity index (χ2n) is 5.72. The Labute approximate surface area is 116 Å². The number of carbonyl (C=O) groups excluding carboxylic acids is 2. The molecule has 19 heavy (non-hydrogen) atoms. The first kappa shape index (κ1) is 17.7. The van der Waals surface area contributed by atoms with Crippen LogP contribution in [0.2, 0.25) is 0 Å². The molecule has 0 aromatic heterocycles. The third-order valence-corrected chi connectivity index (χ3v) is 2.54. The predicted octanol–water partition coefficient (Wildman–Crippen LogP) is 2.97. The molecule has 0 aliphatic rings. The Morgan fingerprint density at radius 3 is 2.37 bits per heavy atom. The monoisotopic (exact) mass is 269 g/mol. The smallest absolute Gasteiger partial charge is 0.330 e. The highest BCUT2D eigenvalue weighted by molar-refractivity contribution is 5.87. The summed E-state index contributed by atoms with van der Waals surface area (Å²) in [4.78, 5) is 23.3. The summed E-state index contributed by atoms with van der Waals surface area (Å²) in [5.74, 6) is -0.788. The normalized spacial score (nSPS) is 12.6. The number of hydrogen-bond acceptors (Lipinski definition) is 3. The fourth-order valence-electron chi connectivity index (χ4n) is 1.64. The molecule has 0 heterocycles. The lowest BCUT2D eigenvalue weighted by atomic mass is 10.1. The fourth-order valence-corrected chi connectivity index (χ4v) is 1.64. The molecule has 0 rings (SSSR count). The van der Waals surface area contributed by atoms with E-state index in [0.717, 1.165) is 31.8 Å². The van der Waals surface area contributed by atoms with Crippen LogP contribution < -0.4 is 5.32 Å². The van der Waals surface area contributed by atoms with Crippen LogP contribution in [0, 0.1) is 0 Å². The zero-order valence-corrected chi connectivity index (χ0v) is 12.6. The molecule has 0 aromatic rings. The van der Waals surface area contributed by atoms with E-state index in [1.54, 1.807) is 0 Å². The molecule has 1 N–H and O–H groups in total. The average molecular weight is 269 g/mol. The van der Waals surface area contributed by atoms with Gasteiger partial charge in [-0.05, 0) is 33.6 Å². The summed E-state index contributed by atoms with van der Waals surface area (Å²) in [5.41, 5.74) is -0.334. The molecule has 0 radical (unpaired) electrons. The van der Waals surface area contributed by atoms with E-state index in [-0.39, 0.29) is 11.4 Å². The molecule has 110 valence electrons. The number of amides is 1. The van der Waals surface area contributed by atoms with Crippen LogP contribution in [0.4, 0.5) is 0 Å². The number of ether oxygens (including phenoxy) is 1. The predicted molar refractivity (Wildman–Crippen MR) is 76.7 cm³/mol. The van der Waals surface area contributed by atoms with Gasteiger partial charge in [-0.3, -0.25) is 4.79 Å². The molecular formula is C15H27NO3. The lowest BCUT2D eigenvalue weighted by Crippen LogP contribution is -2.47. The molecule has 0 aliphatic heterocycles. The fraction of sp³-hybridized carbons (Fsp3) is 0.733. The first-order valence-corrected chi connectivity index (χ1v) is 6.95. The summed E-state index contributed by atoms with van der Waals surface area (Å²) >= 11 is 0. The molecule has 4 heteroatoms. The van der Waals surface area contributed by atoms with E-state index in [1.807, 2.05) is 20.8 Å². The van der Waals surface area contributed by atoms with Gasteiger partial charge in [-0.1, -0.05) is 32.8 Å². The summed E-state index contributed by atoms with van der Waals surface area (Å²) < 4.78 is 5.12. The third kappa shape index (κ3) is 9.28. The van der Waals surface area contributed by atoms with Gasteiger partial charge < -0.3 is 10.1 Å². The second kappa shape index (κ2) is 8.73. The highest BCUT2D eigenvalue weighted by Gasteiger charge is 2.25. The van der Waals surface area contributed by atoms with Crippen LogP contribution in [-0.2, 0) is 14.3 Å². The SMILES string of the molecule is C=CC(=O)OC(CCCCCC)C(=O)NC(C)(C)C. The minimum atomic E-state index is -0.721. The Morgan fingerprint density at radius 2 is 1.89 bits per heavy atom. The quantitative estimate of drug-likeness (QED) is 0.419. The lowest BCUT2D eigenvalue weighted by molar-refractivity contribution is -0.152. The molecular weight excluding hydrogens is 242 g/mol. The Balaban J connectivity index is 4.43. The standard InChI is InChI=1S/C15H27NO3/c1-6-8-9-10-11-12(19-13(17)7-2)14(18)16-15(3,4)5/h7,12H,2,6,8-11H2,1,3-5H3,(H,16,18). The minimum absolute atomic E-state index is 0.237. The highest BCUT2D eigenvalue weighted by Crippen LogP contribution is 2.11. The Morgan fingerprint density at radius 1 is 1.26 bits per heavy atom. The first-order chi connectivity index (χ1) is 8.80. The van der Waals surface area contributed by atoms with Gasteiger partial charge in [0.15, 0.2) is 6.10 Å². The second-order valence-corrected chi connectivity index (χ2v) is 5.72. The molecule has 0 fully saturated rings. The van der Waals surface area contributed by atoms with Gasteiger partial charge in [-0.2, -0.15) is 0 Å². The number of rotatable bonds is 8. The molecule has 0 saturated heterocycles. The summed E-state index contributed by atoms with van der Waals surface area (Å²) in [6.07, 6.45) is 5.10. The van der Waals surface area contributed by atoms with E-state index >= 15 is 0 Å². The topological polar surface area (TPSA) is 55.4 Å². The van der Waals surface area contributed by atoms with Crippen LogP contribution in [0.25, 0.3) is 0 Å². The van der Waals surface area contributed by atoms with Crippen LogP contribution in [0.1, 0.15) is 59.8 Å². The molecule has 0 bridgehead atoms. The van der Waals surface area contributed by atoms with Gasteiger partial charge in [-0.15, -0.1) is 0 Å². The maximum absolute atomic E-state index is 12.1. The zero-order valence-electron chi connectivity index (χ0n) is 12.6. The van der Waals surface area contributed by atoms with E-state index in [4.69, 9.17) is 4.74 Å². The Hall–Kier alpha value is -1.32. The van der Waals surface area contributed by atoms with Crippen molar-refractivity contribution in [3.05, 3.63) is 12.7 Å². The van der Waals surface area contributed by atoms with Gasteiger partial charge in [0, 0.05) is 11.6 Å². The average Bonchev–Trinajstić information content (AvgIpc) is 2.30. The summed E-state index contributed by atoms with van der Waals surface area (Å²) in [6, 6.07) is 0. The van der Waals surface area contributed by atoms with Gasteiger partial charge in [0.25, 0.3) is 5.91 Å². The molecule has 0 aromatic carbocycles. The number of nitrogens with one attached hydrogen (secondary N) is 1. The van der Waals surface area contributed by atoms with Crippen LogP contribution in [0.3, 0.4) is 0 Å². The van der Waals surface area contributed by atoms with Crippen molar-refractivity contribution in [1.29, 1.82) is 0 Å². The molecule has 1 unspecified atom stereocenters. The molecule has 4 nitrogen and oxygen atoms in total. The summed E-state index contributed by atoms with van der Waals surface area (Å²) in [6.45, 7) is 11.2. The molecule has 0 spiro atoms. The lowest BCUT2D eigenvalue weighted by Gasteiger charge is -2.24. The largest absolute Gasteiger partial charge is 0.449 e. The molecule has 0 saturated carbocycles. The molecule has 1 atom stereocenters. The van der Waals surface area contributed by atoms with Gasteiger partial charge in [-0.25, -0.2) is 4.79 Å². The van der Waals surface area contributed by atoms with Crippen molar-refractivity contribution in [1.82, 2.24) is 5.32 Å². The van der Waals surface area contributed by atoms with Crippen LogP contribution >= 0.6 is 0 Å². The minimum Gasteiger partial charge on any atom is -0.449 e. The van der Waals surface area contributed by atoms with Crippen molar-refractivity contribution in [3.63, 3.8) is 0 Å². The Bertz CT molecular complexity index is 305. The maximum atomic E-state index is 12.1. The molecule has 0 aliphatic carbocycles. The van der Waals surface area contributed by atoms with Gasteiger partial charge in [0.2, 0.25) is 0 Å². The van der Waals surface area contributed by atoms with E-state index in [0.29, 0.717) is 6.42 Å². The van der Waals surface area contributed by atoms with E-state index in [1.165, 1.54) is 0 Å². The summed E-state index contributed by atoms with van der Waals surface area (Å²) in [5, 5.41) is 2.84. The number of esters is 1. The zero-order chi connectivity index (χ0) is 14.9. The highest BCUT2D eigenvalue weighted by atomic mass is 16.5. The van der Waals surface area contributed by atoms with Crippen molar-refractivity contribution in [2.45, 2.75) is 71.4 Å². The van der Waals surface area contributed by atoms with Crippen LogP contribution in [-0.4, -0.2) is 23.5 Å². The first-order valence-electron chi connectivity index (χ1n) is 6.95. The van der Waals surface area contributed by atoms with Crippen molar-refractivity contribution in [2.75, 3.05) is 0 Å². The van der Waals surface area contributed by atoms with Crippen molar-refractivity contribution < 1.29 is 14.3 Å². The number of hydrogen-bond donors (Lipinski definition) is 1. The van der Waals surface area contributed by atoms with Crippen LogP contribution in [0.5, 0.6) is 0 Å². The third-order valence-electron chi connectivity index (χ3n) is 2.54. The Kier molecular flexibility index (Phi) is 8.12. The van der Waals surface area contributed by atoms with E-state index < -0.39 is 12.1 Å². The number of unbranched alkanes of at least 4 members (excludes halogenated alkanes) is 3. The van der Waals surface area contributed by atoms with Gasteiger partial charge in [0.1, 0.15) is 0 Å². The van der Waals surface area contributed by atoms with Gasteiger partial charge >= 0.3 is 5.97 Å². The van der Waals surface area contributed by atoms with Crippen molar-refractivity contribution in [2.24, 2.45) is 0 Å². The number of carbonyl (C=O) groups is 2. The van der Waals surface area contributed by atoms with Crippen LogP contribution in [0.15, 0.2) is 12.7 Å². The van der Waals surface area contributed by atoms with Crippen molar-refractivity contribution >= 4 is 11.9 Å². The maximum Gasteiger partial charge on any atom is 0.330 e. The van der Waals surface area contributed by atoms with E-state index in [2.05, 4.69) is 18.8 Å². The molecule has 1 amide bonds. The van der Waals surface area contributed by atoms with Gasteiger partial charge in [0.05, 0.1) is 0 Å². The van der Waals surface area contributed by atoms with E-state index in [9.17, 15) is 9.59 Å². The summed E-state index contributed by atoms with van der Waals surface area (Å²) in [7, 11) is 0.